The first-order valence-electron chi connectivity index (χ1n) is 4.93. The molecule has 0 unspecified atom stereocenters. The first kappa shape index (κ1) is 9.71. The van der Waals surface area contributed by atoms with Gasteiger partial charge in [-0.25, -0.2) is 4.39 Å². The second kappa shape index (κ2) is 3.51. The van der Waals surface area contributed by atoms with Gasteiger partial charge in [0, 0.05) is 12.4 Å². The van der Waals surface area contributed by atoms with E-state index in [1.54, 1.807) is 24.5 Å². The summed E-state index contributed by atoms with van der Waals surface area (Å²) in [7, 11) is 0. The summed E-state index contributed by atoms with van der Waals surface area (Å²) in [5.74, 6) is -0.393. The second-order valence-corrected chi connectivity index (χ2v) is 3.51. The topological polar surface area (TPSA) is 52.2 Å². The van der Waals surface area contributed by atoms with Gasteiger partial charge < -0.3 is 0 Å². The van der Waals surface area contributed by atoms with E-state index in [4.69, 9.17) is 0 Å². The Morgan fingerprint density at radius 3 is 2.94 bits per heavy atom. The Labute approximate surface area is 94.8 Å². The van der Waals surface area contributed by atoms with E-state index < -0.39 is 5.82 Å². The SMILES string of the molecule is O=c1c2nncn2ccn1-c1cccc(F)c1. The highest BCUT2D eigenvalue weighted by Gasteiger charge is 2.06. The lowest BCUT2D eigenvalue weighted by Crippen LogP contribution is -2.20. The number of halogens is 1. The monoisotopic (exact) mass is 230 g/mol. The van der Waals surface area contributed by atoms with Crippen molar-refractivity contribution in [1.82, 2.24) is 19.2 Å². The molecule has 0 amide bonds. The zero-order valence-corrected chi connectivity index (χ0v) is 8.62. The van der Waals surface area contributed by atoms with Crippen LogP contribution in [0.2, 0.25) is 0 Å². The molecule has 84 valence electrons. The van der Waals surface area contributed by atoms with E-state index in [1.165, 1.54) is 27.4 Å². The molecule has 0 bridgehead atoms. The molecule has 0 saturated carbocycles. The molecule has 1 aromatic carbocycles. The van der Waals surface area contributed by atoms with E-state index >= 15 is 0 Å². The molecule has 6 heteroatoms. The third-order valence-corrected chi connectivity index (χ3v) is 2.45. The van der Waals surface area contributed by atoms with Gasteiger partial charge in [-0.15, -0.1) is 10.2 Å². The fourth-order valence-corrected chi connectivity index (χ4v) is 1.65. The maximum Gasteiger partial charge on any atom is 0.300 e. The molecule has 0 saturated heterocycles. The van der Waals surface area contributed by atoms with Crippen molar-refractivity contribution in [2.45, 2.75) is 0 Å². The van der Waals surface area contributed by atoms with Crippen molar-refractivity contribution < 1.29 is 4.39 Å². The van der Waals surface area contributed by atoms with Crippen molar-refractivity contribution in [3.05, 3.63) is 59.2 Å². The molecule has 2 heterocycles. The van der Waals surface area contributed by atoms with Gasteiger partial charge >= 0.3 is 5.56 Å². The summed E-state index contributed by atoms with van der Waals surface area (Å²) in [5, 5.41) is 7.35. The van der Waals surface area contributed by atoms with Crippen molar-refractivity contribution >= 4 is 5.65 Å². The first-order valence-corrected chi connectivity index (χ1v) is 4.93. The van der Waals surface area contributed by atoms with Crippen molar-refractivity contribution in [3.8, 4) is 5.69 Å². The normalized spacial score (nSPS) is 10.9. The average Bonchev–Trinajstić information content (AvgIpc) is 2.78. The zero-order valence-electron chi connectivity index (χ0n) is 8.62. The predicted molar refractivity (Wildman–Crippen MR) is 58.5 cm³/mol. The molecule has 17 heavy (non-hydrogen) atoms. The van der Waals surface area contributed by atoms with Crippen molar-refractivity contribution in [1.29, 1.82) is 0 Å². The summed E-state index contributed by atoms with van der Waals surface area (Å²) in [4.78, 5) is 12.0. The Bertz CT molecular complexity index is 746. The summed E-state index contributed by atoms with van der Waals surface area (Å²) in [5.41, 5.74) is 0.327. The minimum atomic E-state index is -0.393. The van der Waals surface area contributed by atoms with Crippen LogP contribution in [0.1, 0.15) is 0 Å². The fourth-order valence-electron chi connectivity index (χ4n) is 1.65. The minimum absolute atomic E-state index is 0.205. The highest BCUT2D eigenvalue weighted by atomic mass is 19.1. The molecule has 0 radical (unpaired) electrons. The van der Waals surface area contributed by atoms with Crippen LogP contribution >= 0.6 is 0 Å². The van der Waals surface area contributed by atoms with Crippen LogP contribution in [-0.4, -0.2) is 19.2 Å². The third kappa shape index (κ3) is 1.50. The lowest BCUT2D eigenvalue weighted by atomic mass is 10.3. The van der Waals surface area contributed by atoms with Crippen molar-refractivity contribution in [2.75, 3.05) is 0 Å². The maximum absolute atomic E-state index is 13.1. The summed E-state index contributed by atoms with van der Waals surface area (Å²) < 4.78 is 15.9. The Kier molecular flexibility index (Phi) is 2.01. The van der Waals surface area contributed by atoms with Gasteiger partial charge in [-0.2, -0.15) is 0 Å². The van der Waals surface area contributed by atoms with E-state index in [2.05, 4.69) is 10.2 Å². The van der Waals surface area contributed by atoms with Crippen molar-refractivity contribution in [2.24, 2.45) is 0 Å². The van der Waals surface area contributed by atoms with Gasteiger partial charge in [-0.05, 0) is 18.2 Å². The van der Waals surface area contributed by atoms with Gasteiger partial charge in [0.1, 0.15) is 12.1 Å². The number of fused-ring (bicyclic) bond motifs is 1. The summed E-state index contributed by atoms with van der Waals surface area (Å²) >= 11 is 0. The predicted octanol–water partition coefficient (Wildman–Crippen LogP) is 1.02. The third-order valence-electron chi connectivity index (χ3n) is 2.45. The largest absolute Gasteiger partial charge is 0.300 e. The number of hydrogen-bond donors (Lipinski definition) is 0. The molecule has 2 aromatic heterocycles. The highest BCUT2D eigenvalue weighted by Crippen LogP contribution is 2.07. The van der Waals surface area contributed by atoms with Gasteiger partial charge in [0.2, 0.25) is 5.65 Å². The van der Waals surface area contributed by atoms with Crippen LogP contribution in [0.5, 0.6) is 0 Å². The Balaban J connectivity index is 2.31. The standard InChI is InChI=1S/C11H7FN4O/c12-8-2-1-3-9(6-8)16-5-4-15-7-13-14-10(15)11(16)17/h1-7H. The number of nitrogens with zero attached hydrogens (tertiary/aromatic N) is 4. The molecule has 0 aliphatic heterocycles. The fraction of sp³-hybridized carbons (Fsp3) is 0. The Morgan fingerprint density at radius 1 is 1.24 bits per heavy atom. The molecule has 3 aromatic rings. The van der Waals surface area contributed by atoms with E-state index in [-0.39, 0.29) is 11.2 Å². The molecule has 0 aliphatic rings. The summed E-state index contributed by atoms with van der Waals surface area (Å²) in [6.45, 7) is 0. The molecule has 0 aliphatic carbocycles. The quantitative estimate of drug-likeness (QED) is 0.627. The molecule has 0 atom stereocenters. The van der Waals surface area contributed by atoms with Crippen LogP contribution in [0.15, 0.2) is 47.8 Å². The van der Waals surface area contributed by atoms with Gasteiger partial charge in [-0.1, -0.05) is 6.07 Å². The van der Waals surface area contributed by atoms with Gasteiger partial charge in [0.15, 0.2) is 0 Å². The van der Waals surface area contributed by atoms with Crippen LogP contribution in [0.4, 0.5) is 4.39 Å². The smallest absolute Gasteiger partial charge is 0.283 e. The zero-order chi connectivity index (χ0) is 11.8. The molecular weight excluding hydrogens is 223 g/mol. The summed E-state index contributed by atoms with van der Waals surface area (Å²) in [6.07, 6.45) is 4.63. The average molecular weight is 230 g/mol. The van der Waals surface area contributed by atoms with E-state index in [0.717, 1.165) is 0 Å². The lowest BCUT2D eigenvalue weighted by Gasteiger charge is -2.05. The van der Waals surface area contributed by atoms with E-state index in [9.17, 15) is 9.18 Å². The summed E-state index contributed by atoms with van der Waals surface area (Å²) in [6, 6.07) is 5.81. The van der Waals surface area contributed by atoms with Gasteiger partial charge in [0.25, 0.3) is 0 Å². The molecule has 0 fully saturated rings. The Hall–Kier alpha value is -2.50. The molecular formula is C11H7FN4O. The highest BCUT2D eigenvalue weighted by molar-refractivity contribution is 5.39. The van der Waals surface area contributed by atoms with Gasteiger partial charge in [-0.3, -0.25) is 13.8 Å². The lowest BCUT2D eigenvalue weighted by molar-refractivity contribution is 0.626. The van der Waals surface area contributed by atoms with E-state index in [0.29, 0.717) is 5.69 Å². The van der Waals surface area contributed by atoms with Crippen LogP contribution < -0.4 is 5.56 Å². The van der Waals surface area contributed by atoms with Crippen molar-refractivity contribution in [3.63, 3.8) is 0 Å². The number of aromatic nitrogens is 4. The minimum Gasteiger partial charge on any atom is -0.283 e. The van der Waals surface area contributed by atoms with Crippen LogP contribution in [0.25, 0.3) is 11.3 Å². The molecule has 5 nitrogen and oxygen atoms in total. The van der Waals surface area contributed by atoms with Crippen LogP contribution in [0, 0.1) is 5.82 Å². The number of rotatable bonds is 1. The number of benzene rings is 1. The second-order valence-electron chi connectivity index (χ2n) is 3.51. The molecule has 0 spiro atoms. The van der Waals surface area contributed by atoms with Crippen LogP contribution in [0.3, 0.4) is 0 Å². The maximum atomic E-state index is 13.1. The molecule has 0 N–H and O–H groups in total. The van der Waals surface area contributed by atoms with Crippen LogP contribution in [-0.2, 0) is 0 Å². The molecule has 3 rings (SSSR count). The van der Waals surface area contributed by atoms with E-state index in [1.807, 2.05) is 0 Å². The van der Waals surface area contributed by atoms with Gasteiger partial charge in [0.05, 0.1) is 5.69 Å². The first-order chi connectivity index (χ1) is 8.25. The Morgan fingerprint density at radius 2 is 2.12 bits per heavy atom. The number of hydrogen-bond acceptors (Lipinski definition) is 3.